The van der Waals surface area contributed by atoms with Crippen molar-refractivity contribution in [2.24, 2.45) is 0 Å². The molecule has 2 heterocycles. The third-order valence-electron chi connectivity index (χ3n) is 3.70. The van der Waals surface area contributed by atoms with Crippen LogP contribution in [-0.2, 0) is 0 Å². The van der Waals surface area contributed by atoms with Crippen LogP contribution in [0, 0.1) is 0 Å². The lowest BCUT2D eigenvalue weighted by atomic mass is 10.0. The Bertz CT molecular complexity index is 903. The van der Waals surface area contributed by atoms with Gasteiger partial charge in [-0.15, -0.1) is 11.3 Å². The van der Waals surface area contributed by atoms with Crippen LogP contribution < -0.4 is 17.0 Å². The Morgan fingerprint density at radius 1 is 0.667 bits per heavy atom. The second-order valence-electron chi connectivity index (χ2n) is 5.22. The third-order valence-corrected chi connectivity index (χ3v) is 4.59. The molecule has 4 aromatic rings. The van der Waals surface area contributed by atoms with Crippen LogP contribution >= 0.6 is 11.3 Å². The van der Waals surface area contributed by atoms with E-state index in [2.05, 4.69) is 58.9 Å². The van der Waals surface area contributed by atoms with Crippen LogP contribution in [0.5, 0.6) is 0 Å². The molecule has 0 radical (unpaired) electrons. The van der Waals surface area contributed by atoms with Gasteiger partial charge in [-0.3, -0.25) is 4.98 Å². The summed E-state index contributed by atoms with van der Waals surface area (Å²) in [5.74, 6) is 0. The maximum atomic E-state index is 4.73. The number of halogens is 1. The summed E-state index contributed by atoms with van der Waals surface area (Å²) in [6, 6.07) is 22.9. The Morgan fingerprint density at radius 3 is 2.04 bits per heavy atom. The number of nitrogens with zero attached hydrogens (tertiary/aromatic N) is 2. The number of thiazole rings is 1. The smallest absolute Gasteiger partial charge is 0.125 e. The van der Waals surface area contributed by atoms with Crippen LogP contribution in [0.2, 0.25) is 0 Å². The summed E-state index contributed by atoms with van der Waals surface area (Å²) in [5, 5.41) is 3.10. The molecule has 0 bridgehead atoms. The van der Waals surface area contributed by atoms with E-state index in [0.717, 1.165) is 21.8 Å². The van der Waals surface area contributed by atoms with Crippen LogP contribution in [0.25, 0.3) is 33.0 Å². The molecule has 0 spiro atoms. The Balaban J connectivity index is 0.00000169. The van der Waals surface area contributed by atoms with Gasteiger partial charge in [-0.1, -0.05) is 54.6 Å². The molecule has 2 nitrogen and oxygen atoms in total. The molecule has 0 saturated heterocycles. The molecule has 0 amide bonds. The zero-order chi connectivity index (χ0) is 15.5. The molecule has 0 aliphatic heterocycles. The number of pyridine rings is 1. The van der Waals surface area contributed by atoms with Crippen LogP contribution in [0.1, 0.15) is 0 Å². The molecule has 24 heavy (non-hydrogen) atoms. The summed E-state index contributed by atoms with van der Waals surface area (Å²) in [5.41, 5.74) is 5.65. The number of hydrogen-bond donors (Lipinski definition) is 0. The molecule has 0 N–H and O–H groups in total. The van der Waals surface area contributed by atoms with Crippen LogP contribution in [0.15, 0.2) is 84.5 Å². The van der Waals surface area contributed by atoms with Crippen molar-refractivity contribution in [2.45, 2.75) is 0 Å². The van der Waals surface area contributed by atoms with Gasteiger partial charge < -0.3 is 17.0 Å². The van der Waals surface area contributed by atoms with Gasteiger partial charge in [-0.25, -0.2) is 4.98 Å². The standard InChI is InChI=1S/C20H14N2S.BrH/c1-2-5-15(6-3-1)16-8-10-17(11-9-16)19-14-23-20(22-19)18-7-4-12-21-13-18;/h1-14H;1H/p-1. The van der Waals surface area contributed by atoms with E-state index in [9.17, 15) is 0 Å². The Labute approximate surface area is 155 Å². The zero-order valence-electron chi connectivity index (χ0n) is 12.8. The first-order chi connectivity index (χ1) is 11.4. The lowest BCUT2D eigenvalue weighted by molar-refractivity contribution is -0.00000445. The highest BCUT2D eigenvalue weighted by Crippen LogP contribution is 2.29. The number of hydrogen-bond acceptors (Lipinski definition) is 3. The van der Waals surface area contributed by atoms with Crippen molar-refractivity contribution >= 4 is 11.3 Å². The molecule has 2 aromatic heterocycles. The summed E-state index contributed by atoms with van der Waals surface area (Å²) in [6.45, 7) is 0. The average Bonchev–Trinajstić information content (AvgIpc) is 3.14. The first-order valence-corrected chi connectivity index (χ1v) is 8.30. The summed E-state index contributed by atoms with van der Waals surface area (Å²) in [6.07, 6.45) is 3.63. The predicted molar refractivity (Wildman–Crippen MR) is 96.2 cm³/mol. The highest BCUT2D eigenvalue weighted by molar-refractivity contribution is 7.13. The highest BCUT2D eigenvalue weighted by Gasteiger charge is 2.07. The predicted octanol–water partition coefficient (Wildman–Crippen LogP) is 2.54. The van der Waals surface area contributed by atoms with Gasteiger partial charge >= 0.3 is 0 Å². The van der Waals surface area contributed by atoms with Crippen molar-refractivity contribution in [3.05, 3.63) is 84.5 Å². The van der Waals surface area contributed by atoms with Crippen molar-refractivity contribution in [2.75, 3.05) is 0 Å². The van der Waals surface area contributed by atoms with Crippen molar-refractivity contribution in [1.29, 1.82) is 0 Å². The van der Waals surface area contributed by atoms with Gasteiger partial charge in [0, 0.05) is 28.9 Å². The molecule has 2 aromatic carbocycles. The van der Waals surface area contributed by atoms with Gasteiger partial charge in [0.2, 0.25) is 0 Å². The Morgan fingerprint density at radius 2 is 1.33 bits per heavy atom. The molecule has 0 saturated carbocycles. The van der Waals surface area contributed by atoms with Gasteiger partial charge in [-0.05, 0) is 23.3 Å². The first-order valence-electron chi connectivity index (χ1n) is 7.42. The minimum atomic E-state index is 0. The van der Waals surface area contributed by atoms with E-state index in [1.54, 1.807) is 17.5 Å². The van der Waals surface area contributed by atoms with E-state index in [1.807, 2.05) is 24.4 Å². The molecule has 118 valence electrons. The molecular formula is C20H14BrN2S-. The van der Waals surface area contributed by atoms with E-state index in [-0.39, 0.29) is 17.0 Å². The fraction of sp³-hybridized carbons (Fsp3) is 0. The van der Waals surface area contributed by atoms with E-state index in [1.165, 1.54) is 11.1 Å². The van der Waals surface area contributed by atoms with Crippen molar-refractivity contribution in [3.8, 4) is 33.0 Å². The van der Waals surface area contributed by atoms with Gasteiger partial charge in [0.25, 0.3) is 0 Å². The van der Waals surface area contributed by atoms with Crippen molar-refractivity contribution in [1.82, 2.24) is 9.97 Å². The molecule has 0 fully saturated rings. The maximum Gasteiger partial charge on any atom is 0.125 e. The van der Waals surface area contributed by atoms with Gasteiger partial charge in [0.05, 0.1) is 5.69 Å². The summed E-state index contributed by atoms with van der Waals surface area (Å²) >= 11 is 1.65. The molecular weight excluding hydrogens is 380 g/mol. The first kappa shape index (κ1) is 16.6. The minimum Gasteiger partial charge on any atom is -1.00 e. The summed E-state index contributed by atoms with van der Waals surface area (Å²) in [7, 11) is 0. The van der Waals surface area contributed by atoms with Crippen LogP contribution in [-0.4, -0.2) is 9.97 Å². The Hall–Kier alpha value is -2.30. The molecule has 4 rings (SSSR count). The fourth-order valence-electron chi connectivity index (χ4n) is 2.49. The monoisotopic (exact) mass is 393 g/mol. The van der Waals surface area contributed by atoms with Gasteiger partial charge in [0.15, 0.2) is 0 Å². The average molecular weight is 394 g/mol. The number of aromatic nitrogens is 2. The molecule has 0 atom stereocenters. The van der Waals surface area contributed by atoms with E-state index in [4.69, 9.17) is 4.98 Å². The fourth-order valence-corrected chi connectivity index (χ4v) is 3.31. The summed E-state index contributed by atoms with van der Waals surface area (Å²) < 4.78 is 0. The van der Waals surface area contributed by atoms with Gasteiger partial charge in [-0.2, -0.15) is 0 Å². The van der Waals surface area contributed by atoms with Crippen molar-refractivity contribution < 1.29 is 17.0 Å². The second kappa shape index (κ2) is 7.51. The maximum absolute atomic E-state index is 4.73. The van der Waals surface area contributed by atoms with E-state index < -0.39 is 0 Å². The normalized spacial score (nSPS) is 10.2. The van der Waals surface area contributed by atoms with E-state index >= 15 is 0 Å². The van der Waals surface area contributed by atoms with Crippen molar-refractivity contribution in [3.63, 3.8) is 0 Å². The molecule has 0 aliphatic carbocycles. The number of rotatable bonds is 3. The lowest BCUT2D eigenvalue weighted by Crippen LogP contribution is -3.00. The second-order valence-corrected chi connectivity index (χ2v) is 6.08. The highest BCUT2D eigenvalue weighted by atomic mass is 79.9. The zero-order valence-corrected chi connectivity index (χ0v) is 15.2. The summed E-state index contributed by atoms with van der Waals surface area (Å²) in [4.78, 5) is 8.89. The topological polar surface area (TPSA) is 25.8 Å². The van der Waals surface area contributed by atoms with Gasteiger partial charge in [0.1, 0.15) is 5.01 Å². The van der Waals surface area contributed by atoms with Crippen LogP contribution in [0.3, 0.4) is 0 Å². The SMILES string of the molecule is [Br-].c1ccc(-c2ccc(-c3csc(-c4cccnc4)n3)cc2)cc1. The van der Waals surface area contributed by atoms with Crippen LogP contribution in [0.4, 0.5) is 0 Å². The quantitative estimate of drug-likeness (QED) is 0.534. The third kappa shape index (κ3) is 3.45. The molecule has 0 aliphatic rings. The Kier molecular flexibility index (Phi) is 5.18. The number of benzene rings is 2. The lowest BCUT2D eigenvalue weighted by Gasteiger charge is -2.02. The molecule has 0 unspecified atom stereocenters. The minimum absolute atomic E-state index is 0. The molecule has 4 heteroatoms. The largest absolute Gasteiger partial charge is 1.00 e. The van der Waals surface area contributed by atoms with E-state index in [0.29, 0.717) is 0 Å².